The topological polar surface area (TPSA) is 120 Å². The van der Waals surface area contributed by atoms with E-state index in [-0.39, 0.29) is 18.2 Å². The molecule has 0 saturated heterocycles. The van der Waals surface area contributed by atoms with Crippen LogP contribution in [0.4, 0.5) is 21.6 Å². The Morgan fingerprint density at radius 2 is 1.97 bits per heavy atom. The van der Waals surface area contributed by atoms with E-state index in [0.717, 1.165) is 0 Å². The summed E-state index contributed by atoms with van der Waals surface area (Å²) >= 11 is 0. The summed E-state index contributed by atoms with van der Waals surface area (Å²) in [5.41, 5.74) is 1.48. The molecule has 11 heteroatoms. The zero-order valence-corrected chi connectivity index (χ0v) is 17.7. The fourth-order valence-electron chi connectivity index (χ4n) is 3.12. The molecule has 0 saturated carbocycles. The van der Waals surface area contributed by atoms with Crippen molar-refractivity contribution < 1.29 is 23.5 Å². The van der Waals surface area contributed by atoms with E-state index in [4.69, 9.17) is 9.47 Å². The monoisotopic (exact) mass is 450 g/mol. The summed E-state index contributed by atoms with van der Waals surface area (Å²) in [6.45, 7) is 1.23. The number of ether oxygens (including phenoxy) is 2. The summed E-state index contributed by atoms with van der Waals surface area (Å²) in [4.78, 5) is 32.1. The first-order chi connectivity index (χ1) is 15.9. The molecular weight excluding hydrogens is 431 g/mol. The average molecular weight is 450 g/mol. The number of amides is 1. The van der Waals surface area contributed by atoms with Crippen molar-refractivity contribution >= 4 is 40.0 Å². The van der Waals surface area contributed by atoms with Crippen molar-refractivity contribution in [1.82, 2.24) is 19.7 Å². The van der Waals surface area contributed by atoms with E-state index in [1.165, 1.54) is 49.4 Å². The van der Waals surface area contributed by atoms with Gasteiger partial charge in [-0.15, -0.1) is 0 Å². The highest BCUT2D eigenvalue weighted by Gasteiger charge is 2.14. The number of halogens is 1. The van der Waals surface area contributed by atoms with E-state index in [1.807, 2.05) is 0 Å². The van der Waals surface area contributed by atoms with E-state index in [2.05, 4.69) is 25.7 Å². The maximum atomic E-state index is 13.3. The van der Waals surface area contributed by atoms with Gasteiger partial charge in [-0.2, -0.15) is 5.10 Å². The molecule has 0 fully saturated rings. The molecule has 0 atom stereocenters. The largest absolute Gasteiger partial charge is 0.493 e. The quantitative estimate of drug-likeness (QED) is 0.325. The predicted octanol–water partition coefficient (Wildman–Crippen LogP) is 3.28. The molecule has 0 aliphatic heterocycles. The van der Waals surface area contributed by atoms with Gasteiger partial charge in [0.2, 0.25) is 5.91 Å². The highest BCUT2D eigenvalue weighted by atomic mass is 19.1. The number of carbonyl (C=O) groups excluding carboxylic acids is 2. The maximum absolute atomic E-state index is 13.3. The molecule has 33 heavy (non-hydrogen) atoms. The van der Waals surface area contributed by atoms with Crippen molar-refractivity contribution in [2.75, 3.05) is 17.7 Å². The Hall–Kier alpha value is -4.54. The van der Waals surface area contributed by atoms with Gasteiger partial charge < -0.3 is 20.1 Å². The van der Waals surface area contributed by atoms with E-state index in [1.54, 1.807) is 24.4 Å². The second-order valence-corrected chi connectivity index (χ2v) is 6.95. The number of hydrogen-bond donors (Lipinski definition) is 2. The third kappa shape index (κ3) is 5.21. The van der Waals surface area contributed by atoms with Crippen LogP contribution in [0, 0.1) is 5.82 Å². The third-order valence-corrected chi connectivity index (χ3v) is 4.48. The number of carbonyl (C=O) groups is 2. The molecule has 2 N–H and O–H groups in total. The number of fused-ring (bicyclic) bond motifs is 1. The molecule has 2 aromatic heterocycles. The van der Waals surface area contributed by atoms with Crippen molar-refractivity contribution in [3.8, 4) is 11.5 Å². The van der Waals surface area contributed by atoms with E-state index < -0.39 is 11.8 Å². The summed E-state index contributed by atoms with van der Waals surface area (Å²) in [6, 6.07) is 8.88. The number of benzene rings is 2. The van der Waals surface area contributed by atoms with Crippen LogP contribution in [0.25, 0.3) is 10.9 Å². The summed E-state index contributed by atoms with van der Waals surface area (Å²) in [5.74, 6) is -0.206. The van der Waals surface area contributed by atoms with E-state index in [9.17, 15) is 14.0 Å². The SMILES string of the molecule is COc1cc2c(Nc3cnn(CC(=O)Nc4cccc(F)c4)c3)ncnc2cc1OC(C)=O. The molecule has 4 aromatic rings. The van der Waals surface area contributed by atoms with Crippen molar-refractivity contribution in [3.63, 3.8) is 0 Å². The molecule has 0 unspecified atom stereocenters. The highest BCUT2D eigenvalue weighted by Crippen LogP contribution is 2.34. The lowest BCUT2D eigenvalue weighted by molar-refractivity contribution is -0.132. The number of hydrogen-bond acceptors (Lipinski definition) is 8. The number of rotatable bonds is 7. The van der Waals surface area contributed by atoms with Gasteiger partial charge in [0.25, 0.3) is 0 Å². The minimum atomic E-state index is -0.478. The Kier molecular flexibility index (Phi) is 6.11. The van der Waals surface area contributed by atoms with Gasteiger partial charge in [0.05, 0.1) is 24.5 Å². The van der Waals surface area contributed by atoms with Gasteiger partial charge in [0.1, 0.15) is 24.5 Å². The fourth-order valence-corrected chi connectivity index (χ4v) is 3.12. The van der Waals surface area contributed by atoms with Crippen LogP contribution in [0.2, 0.25) is 0 Å². The van der Waals surface area contributed by atoms with E-state index >= 15 is 0 Å². The second-order valence-electron chi connectivity index (χ2n) is 6.95. The number of esters is 1. The number of methoxy groups -OCH3 is 1. The van der Waals surface area contributed by atoms with Crippen LogP contribution < -0.4 is 20.1 Å². The predicted molar refractivity (Wildman–Crippen MR) is 118 cm³/mol. The Balaban J connectivity index is 1.51. The van der Waals surface area contributed by atoms with Gasteiger partial charge in [0.15, 0.2) is 11.5 Å². The zero-order chi connectivity index (χ0) is 23.4. The van der Waals surface area contributed by atoms with Gasteiger partial charge in [-0.1, -0.05) is 6.07 Å². The molecule has 2 aromatic carbocycles. The molecule has 0 spiro atoms. The van der Waals surface area contributed by atoms with Gasteiger partial charge in [-0.25, -0.2) is 14.4 Å². The first-order valence-corrected chi connectivity index (χ1v) is 9.77. The maximum Gasteiger partial charge on any atom is 0.308 e. The van der Waals surface area contributed by atoms with Crippen LogP contribution in [-0.4, -0.2) is 38.7 Å². The summed E-state index contributed by atoms with van der Waals surface area (Å²) in [7, 11) is 1.46. The lowest BCUT2D eigenvalue weighted by Gasteiger charge is -2.11. The van der Waals surface area contributed by atoms with Crippen molar-refractivity contribution in [2.45, 2.75) is 13.5 Å². The minimum absolute atomic E-state index is 0.0672. The summed E-state index contributed by atoms with van der Waals surface area (Å²) in [5, 5.41) is 10.5. The van der Waals surface area contributed by atoms with Crippen LogP contribution in [-0.2, 0) is 16.1 Å². The van der Waals surface area contributed by atoms with E-state index in [0.29, 0.717) is 33.8 Å². The summed E-state index contributed by atoms with van der Waals surface area (Å²) < 4.78 is 25.2. The Labute approximate surface area is 187 Å². The van der Waals surface area contributed by atoms with Gasteiger partial charge >= 0.3 is 5.97 Å². The normalized spacial score (nSPS) is 10.6. The van der Waals surface area contributed by atoms with Crippen molar-refractivity contribution in [1.29, 1.82) is 0 Å². The smallest absolute Gasteiger partial charge is 0.308 e. The molecule has 168 valence electrons. The van der Waals surface area contributed by atoms with Crippen LogP contribution >= 0.6 is 0 Å². The standard InChI is InChI=1S/C22H19FN6O4/c1-13(30)33-20-8-18-17(7-19(20)32-2)22(25-12-24-18)28-16-9-26-29(10-16)11-21(31)27-15-5-3-4-14(23)6-15/h3-10,12H,11H2,1-2H3,(H,27,31)(H,24,25,28). The molecule has 2 heterocycles. The first-order valence-electron chi connectivity index (χ1n) is 9.77. The Morgan fingerprint density at radius 1 is 1.12 bits per heavy atom. The van der Waals surface area contributed by atoms with Crippen molar-refractivity contribution in [2.24, 2.45) is 0 Å². The zero-order valence-electron chi connectivity index (χ0n) is 17.7. The molecule has 0 aliphatic rings. The first kappa shape index (κ1) is 21.7. The molecule has 0 bridgehead atoms. The van der Waals surface area contributed by atoms with Gasteiger partial charge in [0, 0.05) is 30.3 Å². The molecule has 0 radical (unpaired) electrons. The fraction of sp³-hybridized carbons (Fsp3) is 0.136. The number of anilines is 3. The highest BCUT2D eigenvalue weighted by molar-refractivity contribution is 5.93. The second kappa shape index (κ2) is 9.30. The molecule has 0 aliphatic carbocycles. The third-order valence-electron chi connectivity index (χ3n) is 4.48. The molecule has 10 nitrogen and oxygen atoms in total. The number of nitrogens with one attached hydrogen (secondary N) is 2. The van der Waals surface area contributed by atoms with Crippen LogP contribution in [0.5, 0.6) is 11.5 Å². The summed E-state index contributed by atoms with van der Waals surface area (Å²) in [6.07, 6.45) is 4.53. The van der Waals surface area contributed by atoms with Gasteiger partial charge in [-0.05, 0) is 24.3 Å². The molecule has 1 amide bonds. The number of aromatic nitrogens is 4. The lowest BCUT2D eigenvalue weighted by atomic mass is 10.2. The molecule has 4 rings (SSSR count). The lowest BCUT2D eigenvalue weighted by Crippen LogP contribution is -2.19. The Morgan fingerprint density at radius 3 is 2.73 bits per heavy atom. The van der Waals surface area contributed by atoms with Crippen LogP contribution in [0.1, 0.15) is 6.92 Å². The minimum Gasteiger partial charge on any atom is -0.493 e. The van der Waals surface area contributed by atoms with Gasteiger partial charge in [-0.3, -0.25) is 14.3 Å². The number of nitrogens with zero attached hydrogens (tertiary/aromatic N) is 4. The van der Waals surface area contributed by atoms with Crippen LogP contribution in [0.15, 0.2) is 55.1 Å². The van der Waals surface area contributed by atoms with Crippen molar-refractivity contribution in [3.05, 3.63) is 60.9 Å². The van der Waals surface area contributed by atoms with Crippen LogP contribution in [0.3, 0.4) is 0 Å². The molecular formula is C22H19FN6O4. The Bertz CT molecular complexity index is 1340. The average Bonchev–Trinajstić information content (AvgIpc) is 3.19.